The number of hydrogen-bond acceptors (Lipinski definition) is 3. The molecule has 4 rings (SSSR count). The lowest BCUT2D eigenvalue weighted by Gasteiger charge is -2.23. The number of carbonyl (C=O) groups excluding carboxylic acids is 1. The van der Waals surface area contributed by atoms with E-state index in [0.717, 1.165) is 11.1 Å². The van der Waals surface area contributed by atoms with Crippen LogP contribution in [0.25, 0.3) is 11.0 Å². The largest absolute Gasteiger partial charge is 0.422 e. The number of fused-ring (bicyclic) bond motifs is 1. The maximum absolute atomic E-state index is 13.3. The SMILES string of the molecule is O=C(c1cc2ccccc2oc1=O)N(Cc1ccc(F)cc1)Cc1ccccc1Cl. The second-order valence-corrected chi connectivity index (χ2v) is 7.27. The van der Waals surface area contributed by atoms with Crippen LogP contribution in [-0.2, 0) is 13.1 Å². The molecule has 0 bridgehead atoms. The zero-order valence-electron chi connectivity index (χ0n) is 15.8. The normalized spacial score (nSPS) is 10.9. The number of nitrogens with zero attached hydrogens (tertiary/aromatic N) is 1. The second-order valence-electron chi connectivity index (χ2n) is 6.86. The Balaban J connectivity index is 1.73. The molecule has 150 valence electrons. The average molecular weight is 422 g/mol. The predicted molar refractivity (Wildman–Crippen MR) is 114 cm³/mol. The fourth-order valence-corrected chi connectivity index (χ4v) is 3.42. The quantitative estimate of drug-likeness (QED) is 0.404. The first kappa shape index (κ1) is 19.9. The van der Waals surface area contributed by atoms with Crippen molar-refractivity contribution in [2.75, 3.05) is 0 Å². The summed E-state index contributed by atoms with van der Waals surface area (Å²) >= 11 is 6.28. The Morgan fingerprint density at radius 2 is 1.63 bits per heavy atom. The summed E-state index contributed by atoms with van der Waals surface area (Å²) in [5.41, 5.74) is 1.10. The fourth-order valence-electron chi connectivity index (χ4n) is 3.22. The summed E-state index contributed by atoms with van der Waals surface area (Å²) in [6.45, 7) is 0.360. The van der Waals surface area contributed by atoms with Crippen LogP contribution in [-0.4, -0.2) is 10.8 Å². The van der Waals surface area contributed by atoms with E-state index in [4.69, 9.17) is 16.0 Å². The smallest absolute Gasteiger partial charge is 0.349 e. The van der Waals surface area contributed by atoms with Gasteiger partial charge in [-0.2, -0.15) is 0 Å². The maximum atomic E-state index is 13.3. The number of amides is 1. The van der Waals surface area contributed by atoms with Gasteiger partial charge in [0.05, 0.1) is 0 Å². The fraction of sp³-hybridized carbons (Fsp3) is 0.0833. The molecule has 0 fully saturated rings. The molecule has 0 saturated carbocycles. The molecule has 1 heterocycles. The van der Waals surface area contributed by atoms with E-state index in [-0.39, 0.29) is 24.5 Å². The molecule has 0 spiro atoms. The van der Waals surface area contributed by atoms with Crippen molar-refractivity contribution < 1.29 is 13.6 Å². The van der Waals surface area contributed by atoms with Gasteiger partial charge >= 0.3 is 5.63 Å². The van der Waals surface area contributed by atoms with Crippen LogP contribution < -0.4 is 5.63 Å². The highest BCUT2D eigenvalue weighted by Crippen LogP contribution is 2.21. The number of carbonyl (C=O) groups is 1. The predicted octanol–water partition coefficient (Wildman–Crippen LogP) is 5.43. The Bertz CT molecular complexity index is 1270. The van der Waals surface area contributed by atoms with E-state index >= 15 is 0 Å². The Morgan fingerprint density at radius 1 is 0.933 bits per heavy atom. The summed E-state index contributed by atoms with van der Waals surface area (Å²) < 4.78 is 18.6. The van der Waals surface area contributed by atoms with Crippen molar-refractivity contribution in [2.45, 2.75) is 13.1 Å². The molecule has 0 N–H and O–H groups in total. The Labute approximate surface area is 177 Å². The molecule has 1 aromatic heterocycles. The Hall–Kier alpha value is -3.44. The first-order valence-electron chi connectivity index (χ1n) is 9.31. The van der Waals surface area contributed by atoms with Gasteiger partial charge < -0.3 is 9.32 Å². The molecule has 0 radical (unpaired) electrons. The van der Waals surface area contributed by atoms with Gasteiger partial charge in [-0.3, -0.25) is 4.79 Å². The molecule has 0 unspecified atom stereocenters. The van der Waals surface area contributed by atoms with Crippen molar-refractivity contribution in [3.05, 3.63) is 117 Å². The van der Waals surface area contributed by atoms with Crippen LogP contribution in [0.3, 0.4) is 0 Å². The van der Waals surface area contributed by atoms with Gasteiger partial charge in [0, 0.05) is 23.5 Å². The van der Waals surface area contributed by atoms with Crippen molar-refractivity contribution in [3.63, 3.8) is 0 Å². The molecule has 3 aromatic carbocycles. The van der Waals surface area contributed by atoms with Gasteiger partial charge in [-0.05, 0) is 41.5 Å². The third-order valence-corrected chi connectivity index (χ3v) is 5.13. The maximum Gasteiger partial charge on any atom is 0.349 e. The van der Waals surface area contributed by atoms with Gasteiger partial charge in [-0.1, -0.05) is 60.1 Å². The molecule has 30 heavy (non-hydrogen) atoms. The van der Waals surface area contributed by atoms with Crippen LogP contribution in [0.2, 0.25) is 5.02 Å². The lowest BCUT2D eigenvalue weighted by atomic mass is 10.1. The summed E-state index contributed by atoms with van der Waals surface area (Å²) in [5, 5.41) is 1.17. The summed E-state index contributed by atoms with van der Waals surface area (Å²) in [7, 11) is 0. The number of rotatable bonds is 5. The minimum absolute atomic E-state index is 0.0668. The molecule has 4 aromatic rings. The molecule has 0 aliphatic carbocycles. The van der Waals surface area contributed by atoms with Gasteiger partial charge in [0.15, 0.2) is 0 Å². The summed E-state index contributed by atoms with van der Waals surface area (Å²) in [4.78, 5) is 27.3. The van der Waals surface area contributed by atoms with Gasteiger partial charge in [0.2, 0.25) is 0 Å². The monoisotopic (exact) mass is 421 g/mol. The summed E-state index contributed by atoms with van der Waals surface area (Å²) in [6.07, 6.45) is 0. The van der Waals surface area contributed by atoms with Gasteiger partial charge in [-0.25, -0.2) is 9.18 Å². The second kappa shape index (κ2) is 8.51. The molecular weight excluding hydrogens is 405 g/mol. The van der Waals surface area contributed by atoms with Crippen molar-refractivity contribution in [1.29, 1.82) is 0 Å². The lowest BCUT2D eigenvalue weighted by Crippen LogP contribution is -2.33. The first-order valence-corrected chi connectivity index (χ1v) is 9.69. The van der Waals surface area contributed by atoms with E-state index in [1.165, 1.54) is 23.1 Å². The summed E-state index contributed by atoms with van der Waals surface area (Å²) in [6, 6.07) is 21.6. The number of benzene rings is 3. The molecule has 6 heteroatoms. The number of hydrogen-bond donors (Lipinski definition) is 0. The Morgan fingerprint density at radius 3 is 2.40 bits per heavy atom. The molecule has 4 nitrogen and oxygen atoms in total. The van der Waals surface area contributed by atoms with Gasteiger partial charge in [-0.15, -0.1) is 0 Å². The molecule has 1 amide bonds. The van der Waals surface area contributed by atoms with E-state index in [2.05, 4.69) is 0 Å². The summed E-state index contributed by atoms with van der Waals surface area (Å²) in [5.74, 6) is -0.850. The van der Waals surface area contributed by atoms with Crippen LogP contribution in [0.4, 0.5) is 4.39 Å². The van der Waals surface area contributed by atoms with Crippen molar-refractivity contribution in [2.24, 2.45) is 0 Å². The van der Waals surface area contributed by atoms with Crippen LogP contribution in [0.1, 0.15) is 21.5 Å². The number of halogens is 2. The molecular formula is C24H17ClFNO3. The van der Waals surface area contributed by atoms with Gasteiger partial charge in [0.1, 0.15) is 17.0 Å². The highest BCUT2D eigenvalue weighted by atomic mass is 35.5. The third kappa shape index (κ3) is 4.26. The zero-order valence-corrected chi connectivity index (χ0v) is 16.6. The van der Waals surface area contributed by atoms with Crippen LogP contribution in [0, 0.1) is 5.82 Å². The van der Waals surface area contributed by atoms with Crippen LogP contribution in [0.5, 0.6) is 0 Å². The topological polar surface area (TPSA) is 50.5 Å². The van der Waals surface area contributed by atoms with Crippen LogP contribution >= 0.6 is 11.6 Å². The average Bonchev–Trinajstić information content (AvgIpc) is 2.75. The minimum atomic E-state index is -0.707. The Kier molecular flexibility index (Phi) is 5.63. The van der Waals surface area contributed by atoms with Crippen molar-refractivity contribution in [1.82, 2.24) is 4.90 Å². The minimum Gasteiger partial charge on any atom is -0.422 e. The molecule has 0 saturated heterocycles. The standard InChI is InChI=1S/C24H17ClFNO3/c25-21-7-3-1-6-18(21)15-27(14-16-9-11-19(26)12-10-16)23(28)20-13-17-5-2-4-8-22(17)30-24(20)29/h1-13H,14-15H2. The van der Waals surface area contributed by atoms with Crippen molar-refractivity contribution in [3.8, 4) is 0 Å². The third-order valence-electron chi connectivity index (χ3n) is 4.76. The van der Waals surface area contributed by atoms with E-state index in [0.29, 0.717) is 16.0 Å². The van der Waals surface area contributed by atoms with E-state index in [9.17, 15) is 14.0 Å². The molecule has 0 atom stereocenters. The van der Waals surface area contributed by atoms with E-state index in [1.54, 1.807) is 48.5 Å². The number of para-hydroxylation sites is 1. The van der Waals surface area contributed by atoms with E-state index in [1.807, 2.05) is 12.1 Å². The van der Waals surface area contributed by atoms with Gasteiger partial charge in [0.25, 0.3) is 5.91 Å². The highest BCUT2D eigenvalue weighted by Gasteiger charge is 2.22. The highest BCUT2D eigenvalue weighted by molar-refractivity contribution is 6.31. The first-order chi connectivity index (χ1) is 14.5. The molecule has 0 aliphatic heterocycles. The molecule has 0 aliphatic rings. The van der Waals surface area contributed by atoms with Crippen molar-refractivity contribution >= 4 is 28.5 Å². The van der Waals surface area contributed by atoms with Crippen LogP contribution in [0.15, 0.2) is 88.1 Å². The zero-order chi connectivity index (χ0) is 21.1. The van der Waals surface area contributed by atoms with E-state index < -0.39 is 11.5 Å². The lowest BCUT2D eigenvalue weighted by molar-refractivity contribution is 0.0726.